The largest absolute Gasteiger partial charge is 0.470 e. The first-order valence-electron chi connectivity index (χ1n) is 6.86. The van der Waals surface area contributed by atoms with Crippen LogP contribution < -0.4 is 15.6 Å². The van der Waals surface area contributed by atoms with Crippen LogP contribution in [-0.2, 0) is 0 Å². The van der Waals surface area contributed by atoms with Gasteiger partial charge in [0, 0.05) is 10.6 Å². The number of hydrogen-bond acceptors (Lipinski definition) is 7. The number of nitrogens with one attached hydrogen (secondary N) is 2. The summed E-state index contributed by atoms with van der Waals surface area (Å²) in [7, 11) is 0. The van der Waals surface area contributed by atoms with Crippen molar-refractivity contribution in [2.45, 2.75) is 20.0 Å². The van der Waals surface area contributed by atoms with Gasteiger partial charge >= 0.3 is 5.69 Å². The quantitative estimate of drug-likeness (QED) is 0.606. The highest BCUT2D eigenvalue weighted by Gasteiger charge is 2.25. The van der Waals surface area contributed by atoms with Crippen molar-refractivity contribution in [2.75, 3.05) is 5.43 Å². The molecule has 1 amide bonds. The van der Waals surface area contributed by atoms with Crippen LogP contribution in [0, 0.1) is 10.1 Å². The SMILES string of the molecule is CC(C)Oc1ncnc(NNC(=O)c2ccc(Cl)cc2)c1[N+](=O)[O-]. The van der Waals surface area contributed by atoms with Gasteiger partial charge in [-0.2, -0.15) is 4.98 Å². The minimum Gasteiger partial charge on any atom is -0.470 e. The number of aromatic nitrogens is 2. The van der Waals surface area contributed by atoms with Crippen molar-refractivity contribution in [1.82, 2.24) is 15.4 Å². The zero-order valence-corrected chi connectivity index (χ0v) is 13.6. The maximum absolute atomic E-state index is 12.0. The summed E-state index contributed by atoms with van der Waals surface area (Å²) >= 11 is 5.75. The number of rotatable bonds is 6. The highest BCUT2D eigenvalue weighted by Crippen LogP contribution is 2.30. The fourth-order valence-electron chi connectivity index (χ4n) is 1.72. The van der Waals surface area contributed by atoms with Crippen LogP contribution in [0.3, 0.4) is 0 Å². The van der Waals surface area contributed by atoms with Gasteiger partial charge in [0.05, 0.1) is 11.0 Å². The molecule has 2 aromatic rings. The Morgan fingerprint density at radius 1 is 1.29 bits per heavy atom. The Morgan fingerprint density at radius 2 is 1.96 bits per heavy atom. The van der Waals surface area contributed by atoms with E-state index in [1.807, 2.05) is 0 Å². The standard InChI is InChI=1S/C14H14ClN5O4/c1-8(2)24-14-11(20(22)23)12(16-7-17-14)18-19-13(21)9-3-5-10(15)6-4-9/h3-8H,1-2H3,(H,19,21)(H,16,17,18). The van der Waals surface area contributed by atoms with E-state index in [1.54, 1.807) is 26.0 Å². The van der Waals surface area contributed by atoms with Gasteiger partial charge < -0.3 is 4.74 Å². The lowest BCUT2D eigenvalue weighted by Crippen LogP contribution is -2.30. The van der Waals surface area contributed by atoms with E-state index in [0.29, 0.717) is 10.6 Å². The van der Waals surface area contributed by atoms with Gasteiger partial charge in [-0.1, -0.05) is 11.6 Å². The summed E-state index contributed by atoms with van der Waals surface area (Å²) in [6, 6.07) is 6.14. The Bertz CT molecular complexity index is 751. The number of hydrazine groups is 1. The van der Waals surface area contributed by atoms with E-state index < -0.39 is 16.5 Å². The van der Waals surface area contributed by atoms with E-state index in [4.69, 9.17) is 16.3 Å². The van der Waals surface area contributed by atoms with Gasteiger partial charge in [-0.05, 0) is 38.1 Å². The molecule has 1 heterocycles. The third-order valence-corrected chi connectivity index (χ3v) is 2.97. The third-order valence-electron chi connectivity index (χ3n) is 2.72. The Hall–Kier alpha value is -2.94. The molecular formula is C14H14ClN5O4. The number of carbonyl (C=O) groups is 1. The molecular weight excluding hydrogens is 338 g/mol. The number of halogens is 1. The summed E-state index contributed by atoms with van der Waals surface area (Å²) in [6.07, 6.45) is 0.789. The number of nitrogens with zero attached hydrogens (tertiary/aromatic N) is 3. The first-order valence-corrected chi connectivity index (χ1v) is 7.24. The average Bonchev–Trinajstić information content (AvgIpc) is 2.52. The van der Waals surface area contributed by atoms with E-state index in [9.17, 15) is 14.9 Å². The lowest BCUT2D eigenvalue weighted by molar-refractivity contribution is -0.385. The van der Waals surface area contributed by atoms with Gasteiger partial charge in [0.2, 0.25) is 5.82 Å². The molecule has 0 aliphatic heterocycles. The Kier molecular flexibility index (Phi) is 5.48. The van der Waals surface area contributed by atoms with Crippen LogP contribution in [0.2, 0.25) is 5.02 Å². The predicted octanol–water partition coefficient (Wildman–Crippen LogP) is 2.58. The van der Waals surface area contributed by atoms with Gasteiger partial charge in [-0.3, -0.25) is 25.8 Å². The second kappa shape index (κ2) is 7.55. The highest BCUT2D eigenvalue weighted by atomic mass is 35.5. The number of hydrogen-bond donors (Lipinski definition) is 2. The van der Waals surface area contributed by atoms with Gasteiger partial charge in [0.15, 0.2) is 0 Å². The smallest absolute Gasteiger partial charge is 0.374 e. The van der Waals surface area contributed by atoms with E-state index in [-0.39, 0.29) is 17.8 Å². The first kappa shape index (κ1) is 17.4. The van der Waals surface area contributed by atoms with Crippen LogP contribution in [0.1, 0.15) is 24.2 Å². The highest BCUT2D eigenvalue weighted by molar-refractivity contribution is 6.30. The summed E-state index contributed by atoms with van der Waals surface area (Å²) in [5, 5.41) is 11.7. The van der Waals surface area contributed by atoms with Crippen LogP contribution in [0.4, 0.5) is 11.5 Å². The summed E-state index contributed by atoms with van der Waals surface area (Å²) < 4.78 is 5.29. The molecule has 0 aliphatic carbocycles. The topological polar surface area (TPSA) is 119 Å². The fraction of sp³-hybridized carbons (Fsp3) is 0.214. The minimum atomic E-state index is -0.686. The molecule has 0 atom stereocenters. The number of nitro groups is 1. The van der Waals surface area contributed by atoms with E-state index in [1.165, 1.54) is 12.1 Å². The second-order valence-corrected chi connectivity index (χ2v) is 5.32. The molecule has 0 fully saturated rings. The van der Waals surface area contributed by atoms with E-state index in [2.05, 4.69) is 20.8 Å². The molecule has 0 bridgehead atoms. The molecule has 2 N–H and O–H groups in total. The van der Waals surface area contributed by atoms with Crippen LogP contribution in [0.15, 0.2) is 30.6 Å². The minimum absolute atomic E-state index is 0.187. The van der Waals surface area contributed by atoms with Gasteiger partial charge in [0.1, 0.15) is 6.33 Å². The van der Waals surface area contributed by atoms with E-state index in [0.717, 1.165) is 6.33 Å². The molecule has 1 aromatic carbocycles. The molecule has 0 saturated carbocycles. The number of amides is 1. The van der Waals surface area contributed by atoms with Crippen LogP contribution >= 0.6 is 11.6 Å². The summed E-state index contributed by atoms with van der Waals surface area (Å²) in [5.74, 6) is -0.882. The van der Waals surface area contributed by atoms with Gasteiger partial charge in [-0.15, -0.1) is 0 Å². The normalized spacial score (nSPS) is 10.3. The second-order valence-electron chi connectivity index (χ2n) is 4.89. The first-order chi connectivity index (χ1) is 11.4. The van der Waals surface area contributed by atoms with Gasteiger partial charge in [-0.25, -0.2) is 4.98 Å². The molecule has 0 saturated heterocycles. The average molecular weight is 352 g/mol. The monoisotopic (exact) mass is 351 g/mol. The maximum Gasteiger partial charge on any atom is 0.374 e. The lowest BCUT2D eigenvalue weighted by Gasteiger charge is -2.12. The lowest BCUT2D eigenvalue weighted by atomic mass is 10.2. The van der Waals surface area contributed by atoms with E-state index >= 15 is 0 Å². The van der Waals surface area contributed by atoms with Crippen molar-refractivity contribution in [3.8, 4) is 5.88 Å². The molecule has 9 nitrogen and oxygen atoms in total. The third kappa shape index (κ3) is 4.29. The fourth-order valence-corrected chi connectivity index (χ4v) is 1.84. The van der Waals surface area contributed by atoms with Gasteiger partial charge in [0.25, 0.3) is 11.8 Å². The predicted molar refractivity (Wildman–Crippen MR) is 87.0 cm³/mol. The summed E-state index contributed by atoms with van der Waals surface area (Å²) in [6.45, 7) is 3.42. The molecule has 10 heteroatoms. The van der Waals surface area contributed by atoms with Crippen molar-refractivity contribution in [3.05, 3.63) is 51.3 Å². The Labute approximate surface area is 142 Å². The Balaban J connectivity index is 2.18. The van der Waals surface area contributed by atoms with Crippen molar-refractivity contribution in [2.24, 2.45) is 0 Å². The zero-order chi connectivity index (χ0) is 17.7. The van der Waals surface area contributed by atoms with Crippen molar-refractivity contribution in [1.29, 1.82) is 0 Å². The Morgan fingerprint density at radius 3 is 2.54 bits per heavy atom. The molecule has 0 spiro atoms. The molecule has 24 heavy (non-hydrogen) atoms. The van der Waals surface area contributed by atoms with Crippen LogP contribution in [0.5, 0.6) is 5.88 Å². The number of carbonyl (C=O) groups excluding carboxylic acids is 1. The number of anilines is 1. The number of benzene rings is 1. The molecule has 0 aliphatic rings. The van der Waals surface area contributed by atoms with Crippen LogP contribution in [0.25, 0.3) is 0 Å². The molecule has 0 unspecified atom stereocenters. The van der Waals surface area contributed by atoms with Crippen molar-refractivity contribution < 1.29 is 14.5 Å². The molecule has 0 radical (unpaired) electrons. The maximum atomic E-state index is 12.0. The summed E-state index contributed by atoms with van der Waals surface area (Å²) in [5.41, 5.74) is 4.60. The molecule has 1 aromatic heterocycles. The van der Waals surface area contributed by atoms with Crippen LogP contribution in [-0.4, -0.2) is 26.9 Å². The molecule has 2 rings (SSSR count). The summed E-state index contributed by atoms with van der Waals surface area (Å²) in [4.78, 5) is 30.1. The zero-order valence-electron chi connectivity index (χ0n) is 12.8. The molecule has 126 valence electrons. The van der Waals surface area contributed by atoms with Crippen molar-refractivity contribution in [3.63, 3.8) is 0 Å². The van der Waals surface area contributed by atoms with Crippen molar-refractivity contribution >= 4 is 29.0 Å². The number of ether oxygens (including phenoxy) is 1.